The van der Waals surface area contributed by atoms with Crippen molar-refractivity contribution in [2.24, 2.45) is 5.92 Å². The van der Waals surface area contributed by atoms with E-state index in [1.165, 1.54) is 6.42 Å². The fraction of sp³-hybridized carbons (Fsp3) is 0.857. The van der Waals surface area contributed by atoms with Crippen molar-refractivity contribution in [3.8, 4) is 0 Å². The second-order valence-corrected chi connectivity index (χ2v) is 6.14. The highest BCUT2D eigenvalue weighted by Crippen LogP contribution is 2.26. The quantitative estimate of drug-likeness (QED) is 0.826. The molecular formula is C14H26N2O3. The van der Waals surface area contributed by atoms with Gasteiger partial charge in [0.1, 0.15) is 11.6 Å². The summed E-state index contributed by atoms with van der Waals surface area (Å²) in [6.45, 7) is 5.42. The van der Waals surface area contributed by atoms with Gasteiger partial charge in [-0.25, -0.2) is 4.79 Å². The Balaban J connectivity index is 2.64. The van der Waals surface area contributed by atoms with E-state index in [0.29, 0.717) is 0 Å². The van der Waals surface area contributed by atoms with Crippen LogP contribution in [0.1, 0.15) is 52.9 Å². The zero-order valence-electron chi connectivity index (χ0n) is 12.4. The Morgan fingerprint density at radius 3 is 2.21 bits per heavy atom. The van der Waals surface area contributed by atoms with Crippen molar-refractivity contribution in [2.45, 2.75) is 64.5 Å². The molecule has 5 nitrogen and oxygen atoms in total. The summed E-state index contributed by atoms with van der Waals surface area (Å²) in [4.78, 5) is 23.7. The molecule has 0 radical (unpaired) electrons. The van der Waals surface area contributed by atoms with E-state index in [2.05, 4.69) is 10.6 Å². The first-order valence-electron chi connectivity index (χ1n) is 7.04. The van der Waals surface area contributed by atoms with Gasteiger partial charge in [0.2, 0.25) is 5.91 Å². The molecule has 2 N–H and O–H groups in total. The zero-order chi connectivity index (χ0) is 14.5. The van der Waals surface area contributed by atoms with E-state index >= 15 is 0 Å². The average Bonchev–Trinajstić information content (AvgIpc) is 2.34. The minimum Gasteiger partial charge on any atom is -0.444 e. The van der Waals surface area contributed by atoms with E-state index in [0.717, 1.165) is 25.7 Å². The number of alkyl carbamates (subject to hydrolysis) is 1. The van der Waals surface area contributed by atoms with Crippen LogP contribution >= 0.6 is 0 Å². The predicted molar refractivity (Wildman–Crippen MR) is 73.8 cm³/mol. The maximum absolute atomic E-state index is 11.9. The van der Waals surface area contributed by atoms with Gasteiger partial charge in [-0.3, -0.25) is 4.79 Å². The minimum atomic E-state index is -0.552. The Kier molecular flexibility index (Phi) is 5.63. The highest BCUT2D eigenvalue weighted by atomic mass is 16.6. The smallest absolute Gasteiger partial charge is 0.408 e. The molecule has 2 amide bonds. The van der Waals surface area contributed by atoms with Crippen molar-refractivity contribution >= 4 is 12.0 Å². The van der Waals surface area contributed by atoms with Crippen molar-refractivity contribution in [2.75, 3.05) is 7.05 Å². The van der Waals surface area contributed by atoms with Gasteiger partial charge in [0, 0.05) is 7.05 Å². The Morgan fingerprint density at radius 2 is 1.74 bits per heavy atom. The van der Waals surface area contributed by atoms with E-state index in [1.54, 1.807) is 7.05 Å². The lowest BCUT2D eigenvalue weighted by Gasteiger charge is -2.30. The fourth-order valence-electron chi connectivity index (χ4n) is 2.45. The molecule has 1 atom stereocenters. The number of nitrogens with one attached hydrogen (secondary N) is 2. The monoisotopic (exact) mass is 270 g/mol. The van der Waals surface area contributed by atoms with Gasteiger partial charge in [0.05, 0.1) is 0 Å². The van der Waals surface area contributed by atoms with E-state index < -0.39 is 17.7 Å². The number of rotatable bonds is 3. The zero-order valence-corrected chi connectivity index (χ0v) is 12.4. The highest BCUT2D eigenvalue weighted by molar-refractivity contribution is 5.85. The van der Waals surface area contributed by atoms with Crippen LogP contribution in [0.4, 0.5) is 4.79 Å². The molecule has 5 heteroatoms. The summed E-state index contributed by atoms with van der Waals surface area (Å²) in [6, 6.07) is -0.486. The SMILES string of the molecule is CNC(=O)C(NC(=O)OC(C)(C)C)C1CCCCC1. The summed E-state index contributed by atoms with van der Waals surface area (Å²) in [5.74, 6) is 0.0685. The van der Waals surface area contributed by atoms with Gasteiger partial charge in [-0.1, -0.05) is 19.3 Å². The third-order valence-corrected chi connectivity index (χ3v) is 3.32. The molecule has 1 fully saturated rings. The van der Waals surface area contributed by atoms with Crippen LogP contribution < -0.4 is 10.6 Å². The molecule has 110 valence electrons. The van der Waals surface area contributed by atoms with Gasteiger partial charge in [-0.15, -0.1) is 0 Å². The highest BCUT2D eigenvalue weighted by Gasteiger charge is 2.31. The van der Waals surface area contributed by atoms with E-state index in [4.69, 9.17) is 4.74 Å². The van der Waals surface area contributed by atoms with E-state index in [1.807, 2.05) is 20.8 Å². The van der Waals surface area contributed by atoms with E-state index in [9.17, 15) is 9.59 Å². The predicted octanol–water partition coefficient (Wildman–Crippen LogP) is 2.21. The second-order valence-electron chi connectivity index (χ2n) is 6.14. The lowest BCUT2D eigenvalue weighted by molar-refractivity contribution is -0.124. The van der Waals surface area contributed by atoms with Crippen molar-refractivity contribution < 1.29 is 14.3 Å². The lowest BCUT2D eigenvalue weighted by Crippen LogP contribution is -2.51. The molecule has 1 unspecified atom stereocenters. The summed E-state index contributed by atoms with van der Waals surface area (Å²) in [7, 11) is 1.59. The van der Waals surface area contributed by atoms with E-state index in [-0.39, 0.29) is 11.8 Å². The molecule has 1 saturated carbocycles. The third-order valence-electron chi connectivity index (χ3n) is 3.32. The fourth-order valence-corrected chi connectivity index (χ4v) is 2.45. The molecule has 0 aromatic rings. The number of carbonyl (C=O) groups is 2. The Morgan fingerprint density at radius 1 is 1.16 bits per heavy atom. The molecule has 19 heavy (non-hydrogen) atoms. The first-order valence-corrected chi connectivity index (χ1v) is 7.04. The molecule has 1 rings (SSSR count). The summed E-state index contributed by atoms with van der Waals surface area (Å²) >= 11 is 0. The summed E-state index contributed by atoms with van der Waals surface area (Å²) < 4.78 is 5.22. The van der Waals surface area contributed by atoms with Crippen LogP contribution in [0.3, 0.4) is 0 Å². The minimum absolute atomic E-state index is 0.141. The van der Waals surface area contributed by atoms with Gasteiger partial charge >= 0.3 is 6.09 Å². The molecule has 1 aliphatic rings. The van der Waals surface area contributed by atoms with Gasteiger partial charge in [-0.2, -0.15) is 0 Å². The Labute approximate surface area is 115 Å². The maximum Gasteiger partial charge on any atom is 0.408 e. The summed E-state index contributed by atoms with van der Waals surface area (Å²) in [5.41, 5.74) is -0.552. The largest absolute Gasteiger partial charge is 0.444 e. The van der Waals surface area contributed by atoms with Crippen molar-refractivity contribution in [3.05, 3.63) is 0 Å². The van der Waals surface area contributed by atoms with Gasteiger partial charge in [0.25, 0.3) is 0 Å². The summed E-state index contributed by atoms with van der Waals surface area (Å²) in [5, 5.41) is 5.34. The standard InChI is InChI=1S/C14H26N2O3/c1-14(2,3)19-13(18)16-11(12(17)15-4)10-8-6-5-7-9-10/h10-11H,5-9H2,1-4H3,(H,15,17)(H,16,18). The van der Waals surface area contributed by atoms with Gasteiger partial charge in [-0.05, 0) is 39.5 Å². The van der Waals surface area contributed by atoms with Crippen LogP contribution in [-0.2, 0) is 9.53 Å². The van der Waals surface area contributed by atoms with Crippen LogP contribution in [0.25, 0.3) is 0 Å². The molecule has 0 heterocycles. The van der Waals surface area contributed by atoms with Crippen LogP contribution in [0, 0.1) is 5.92 Å². The summed E-state index contributed by atoms with van der Waals surface area (Å²) in [6.07, 6.45) is 4.89. The number of hydrogen-bond acceptors (Lipinski definition) is 3. The molecule has 0 aromatic carbocycles. The molecular weight excluding hydrogens is 244 g/mol. The third kappa shape index (κ3) is 5.49. The second kappa shape index (κ2) is 6.78. The lowest BCUT2D eigenvalue weighted by atomic mass is 9.83. The average molecular weight is 270 g/mol. The van der Waals surface area contributed by atoms with Crippen LogP contribution in [0.15, 0.2) is 0 Å². The molecule has 0 saturated heterocycles. The van der Waals surface area contributed by atoms with Crippen LogP contribution in [-0.4, -0.2) is 30.7 Å². The number of carbonyl (C=O) groups excluding carboxylic acids is 2. The number of amides is 2. The van der Waals surface area contributed by atoms with Crippen molar-refractivity contribution in [3.63, 3.8) is 0 Å². The normalized spacial score (nSPS) is 18.5. The van der Waals surface area contributed by atoms with Crippen molar-refractivity contribution in [1.82, 2.24) is 10.6 Å². The molecule has 1 aliphatic carbocycles. The van der Waals surface area contributed by atoms with Crippen LogP contribution in [0.5, 0.6) is 0 Å². The number of ether oxygens (including phenoxy) is 1. The maximum atomic E-state index is 11.9. The van der Waals surface area contributed by atoms with Crippen LogP contribution in [0.2, 0.25) is 0 Å². The number of hydrogen-bond donors (Lipinski definition) is 2. The Bertz CT molecular complexity index is 317. The first-order chi connectivity index (χ1) is 8.83. The van der Waals surface area contributed by atoms with Crippen molar-refractivity contribution in [1.29, 1.82) is 0 Å². The molecule has 0 aromatic heterocycles. The first kappa shape index (κ1) is 15.8. The Hall–Kier alpha value is -1.26. The van der Waals surface area contributed by atoms with Gasteiger partial charge in [0.15, 0.2) is 0 Å². The number of likely N-dealkylation sites (N-methyl/N-ethyl adjacent to an activating group) is 1. The topological polar surface area (TPSA) is 67.4 Å². The van der Waals surface area contributed by atoms with Gasteiger partial charge < -0.3 is 15.4 Å². The molecule has 0 aliphatic heterocycles. The molecule has 0 bridgehead atoms. The molecule has 0 spiro atoms.